The Balaban J connectivity index is 1.90. The van der Waals surface area contributed by atoms with Gasteiger partial charge in [0.1, 0.15) is 6.07 Å². The van der Waals surface area contributed by atoms with E-state index in [9.17, 15) is 4.79 Å². The Labute approximate surface area is 115 Å². The highest BCUT2D eigenvalue weighted by molar-refractivity contribution is 5.98. The molecule has 0 atom stereocenters. The van der Waals surface area contributed by atoms with Gasteiger partial charge < -0.3 is 19.0 Å². The van der Waals surface area contributed by atoms with Crippen molar-refractivity contribution in [3.05, 3.63) is 23.8 Å². The van der Waals surface area contributed by atoms with E-state index < -0.39 is 5.97 Å². The fraction of sp³-hybridized carbons (Fsp3) is 0.308. The number of hydrogen-bond acceptors (Lipinski definition) is 7. The van der Waals surface area contributed by atoms with Crippen LogP contribution in [0, 0.1) is 11.3 Å². The van der Waals surface area contributed by atoms with Gasteiger partial charge in [0.05, 0.1) is 5.71 Å². The zero-order valence-corrected chi connectivity index (χ0v) is 10.8. The number of fused-ring (bicyclic) bond motifs is 1. The summed E-state index contributed by atoms with van der Waals surface area (Å²) < 4.78 is 15.0. The van der Waals surface area contributed by atoms with Gasteiger partial charge in [-0.25, -0.2) is 4.79 Å². The Hall–Kier alpha value is -2.75. The molecule has 0 N–H and O–H groups in total. The lowest BCUT2D eigenvalue weighted by molar-refractivity contribution is -0.147. The lowest BCUT2D eigenvalue weighted by atomic mass is 10.1. The summed E-state index contributed by atoms with van der Waals surface area (Å²) in [7, 11) is 0. The molecule has 1 aromatic rings. The molecule has 0 aromatic heterocycles. The van der Waals surface area contributed by atoms with Gasteiger partial charge in [0.2, 0.25) is 13.4 Å². The number of oxime groups is 1. The Morgan fingerprint density at radius 2 is 2.25 bits per heavy atom. The maximum absolute atomic E-state index is 11.1. The minimum absolute atomic E-state index is 0.205. The fourth-order valence-corrected chi connectivity index (χ4v) is 1.51. The number of rotatable bonds is 5. The molecule has 0 saturated carbocycles. The molecule has 0 radical (unpaired) electrons. The zero-order valence-electron chi connectivity index (χ0n) is 10.8. The molecule has 2 rings (SSSR count). The van der Waals surface area contributed by atoms with E-state index in [-0.39, 0.29) is 20.0 Å². The largest absolute Gasteiger partial charge is 0.454 e. The molecule has 1 heterocycles. The molecule has 104 valence electrons. The monoisotopic (exact) mass is 276 g/mol. The summed E-state index contributed by atoms with van der Waals surface area (Å²) in [6.07, 6.45) is 0. The van der Waals surface area contributed by atoms with Crippen molar-refractivity contribution in [2.24, 2.45) is 5.16 Å². The first-order valence-corrected chi connectivity index (χ1v) is 5.80. The second-order valence-electron chi connectivity index (χ2n) is 3.84. The molecule has 0 spiro atoms. The number of nitriles is 1. The standard InChI is InChI=1S/C13H12N2O5/c1-9(15-20-7-13(16)17-5-4-14)10-2-3-11-12(6-10)19-8-18-11/h2-3,6H,5,7-8H2,1H3. The molecule has 1 aliphatic rings. The van der Waals surface area contributed by atoms with E-state index in [1.807, 2.05) is 6.07 Å². The highest BCUT2D eigenvalue weighted by atomic mass is 16.7. The third-order valence-corrected chi connectivity index (χ3v) is 2.47. The lowest BCUT2D eigenvalue weighted by Crippen LogP contribution is -2.11. The van der Waals surface area contributed by atoms with Gasteiger partial charge in [0, 0.05) is 5.56 Å². The molecular weight excluding hydrogens is 264 g/mol. The summed E-state index contributed by atoms with van der Waals surface area (Å²) in [5.41, 5.74) is 1.37. The van der Waals surface area contributed by atoms with Crippen LogP contribution in [-0.4, -0.2) is 31.7 Å². The maximum Gasteiger partial charge on any atom is 0.348 e. The van der Waals surface area contributed by atoms with Gasteiger partial charge in [-0.15, -0.1) is 0 Å². The first kappa shape index (κ1) is 13.7. The van der Waals surface area contributed by atoms with Gasteiger partial charge in [-0.1, -0.05) is 5.16 Å². The molecular formula is C13H12N2O5. The van der Waals surface area contributed by atoms with E-state index in [4.69, 9.17) is 19.6 Å². The maximum atomic E-state index is 11.1. The summed E-state index contributed by atoms with van der Waals surface area (Å²) in [4.78, 5) is 15.9. The lowest BCUT2D eigenvalue weighted by Gasteiger charge is -2.03. The van der Waals surface area contributed by atoms with Crippen LogP contribution in [0.25, 0.3) is 0 Å². The van der Waals surface area contributed by atoms with Crippen molar-refractivity contribution in [1.29, 1.82) is 5.26 Å². The fourth-order valence-electron chi connectivity index (χ4n) is 1.51. The second-order valence-corrected chi connectivity index (χ2v) is 3.84. The quantitative estimate of drug-likeness (QED) is 0.456. The molecule has 0 bridgehead atoms. The van der Waals surface area contributed by atoms with Crippen LogP contribution >= 0.6 is 0 Å². The SMILES string of the molecule is CC(=NOCC(=O)OCC#N)c1ccc2c(c1)OCO2. The molecule has 0 unspecified atom stereocenters. The van der Waals surface area contributed by atoms with Crippen molar-refractivity contribution in [3.8, 4) is 17.6 Å². The van der Waals surface area contributed by atoms with Gasteiger partial charge in [-0.2, -0.15) is 5.26 Å². The smallest absolute Gasteiger partial charge is 0.348 e. The number of carbonyl (C=O) groups is 1. The van der Waals surface area contributed by atoms with Crippen LogP contribution in [0.1, 0.15) is 12.5 Å². The van der Waals surface area contributed by atoms with Crippen molar-refractivity contribution < 1.29 is 23.8 Å². The topological polar surface area (TPSA) is 90.1 Å². The summed E-state index contributed by atoms with van der Waals surface area (Å²) >= 11 is 0. The van der Waals surface area contributed by atoms with Crippen LogP contribution in [0.15, 0.2) is 23.4 Å². The molecule has 7 heteroatoms. The number of hydrogen-bond donors (Lipinski definition) is 0. The van der Waals surface area contributed by atoms with E-state index in [0.717, 1.165) is 5.56 Å². The summed E-state index contributed by atoms with van der Waals surface area (Å²) in [5, 5.41) is 12.0. The first-order valence-electron chi connectivity index (χ1n) is 5.80. The van der Waals surface area contributed by atoms with E-state index in [1.165, 1.54) is 0 Å². The van der Waals surface area contributed by atoms with Gasteiger partial charge >= 0.3 is 5.97 Å². The number of ether oxygens (including phenoxy) is 3. The van der Waals surface area contributed by atoms with Crippen LogP contribution in [0.3, 0.4) is 0 Å². The summed E-state index contributed by atoms with van der Waals surface area (Å²) in [6.45, 7) is 1.30. The van der Waals surface area contributed by atoms with Crippen LogP contribution in [-0.2, 0) is 14.4 Å². The zero-order chi connectivity index (χ0) is 14.4. The third kappa shape index (κ3) is 3.38. The van der Waals surface area contributed by atoms with E-state index >= 15 is 0 Å². The molecule has 0 amide bonds. The van der Waals surface area contributed by atoms with E-state index in [0.29, 0.717) is 17.2 Å². The van der Waals surface area contributed by atoms with Gasteiger partial charge in [-0.3, -0.25) is 0 Å². The molecule has 20 heavy (non-hydrogen) atoms. The number of carbonyl (C=O) groups excluding carboxylic acids is 1. The van der Waals surface area contributed by atoms with Gasteiger partial charge in [0.15, 0.2) is 18.1 Å². The molecule has 0 saturated heterocycles. The third-order valence-electron chi connectivity index (χ3n) is 2.47. The van der Waals surface area contributed by atoms with Crippen LogP contribution in [0.2, 0.25) is 0 Å². The van der Waals surface area contributed by atoms with Crippen molar-refractivity contribution in [3.63, 3.8) is 0 Å². The van der Waals surface area contributed by atoms with Crippen molar-refractivity contribution in [1.82, 2.24) is 0 Å². The van der Waals surface area contributed by atoms with E-state index in [2.05, 4.69) is 9.89 Å². The summed E-state index contributed by atoms with van der Waals surface area (Å²) in [5.74, 6) is 0.682. The summed E-state index contributed by atoms with van der Waals surface area (Å²) in [6, 6.07) is 7.05. The highest BCUT2D eigenvalue weighted by Crippen LogP contribution is 2.32. The number of nitrogens with zero attached hydrogens (tertiary/aromatic N) is 2. The highest BCUT2D eigenvalue weighted by Gasteiger charge is 2.14. The Morgan fingerprint density at radius 3 is 3.05 bits per heavy atom. The average molecular weight is 276 g/mol. The van der Waals surface area contributed by atoms with Gasteiger partial charge in [0.25, 0.3) is 0 Å². The predicted molar refractivity (Wildman–Crippen MR) is 67.3 cm³/mol. The Bertz CT molecular complexity index is 577. The van der Waals surface area contributed by atoms with Crippen molar-refractivity contribution in [2.75, 3.05) is 20.0 Å². The molecule has 0 aliphatic carbocycles. The molecule has 0 fully saturated rings. The van der Waals surface area contributed by atoms with Crippen LogP contribution < -0.4 is 9.47 Å². The molecule has 1 aromatic carbocycles. The second kappa shape index (κ2) is 6.43. The normalized spacial score (nSPS) is 12.7. The van der Waals surface area contributed by atoms with Gasteiger partial charge in [-0.05, 0) is 25.1 Å². The number of esters is 1. The first-order chi connectivity index (χ1) is 9.70. The van der Waals surface area contributed by atoms with Crippen molar-refractivity contribution in [2.45, 2.75) is 6.92 Å². The van der Waals surface area contributed by atoms with Crippen molar-refractivity contribution >= 4 is 11.7 Å². The Kier molecular flexibility index (Phi) is 4.39. The number of benzene rings is 1. The molecule has 7 nitrogen and oxygen atoms in total. The minimum Gasteiger partial charge on any atom is -0.454 e. The van der Waals surface area contributed by atoms with E-state index in [1.54, 1.807) is 25.1 Å². The van der Waals surface area contributed by atoms with Crippen LogP contribution in [0.5, 0.6) is 11.5 Å². The predicted octanol–water partition coefficient (Wildman–Crippen LogP) is 1.22. The van der Waals surface area contributed by atoms with Crippen LogP contribution in [0.4, 0.5) is 0 Å². The average Bonchev–Trinajstić information content (AvgIpc) is 2.92. The minimum atomic E-state index is -0.645. The Morgan fingerprint density at radius 1 is 1.45 bits per heavy atom. The molecule has 1 aliphatic heterocycles.